The Morgan fingerprint density at radius 3 is 0.903 bits per heavy atom. The Balaban J connectivity index is 4.63. The van der Waals surface area contributed by atoms with E-state index in [0.29, 0.717) is 19.3 Å². The van der Waals surface area contributed by atoms with Gasteiger partial charge in [0.05, 0.1) is 26.4 Å². The van der Waals surface area contributed by atoms with Crippen LogP contribution < -0.4 is 0 Å². The predicted molar refractivity (Wildman–Crippen MR) is 380 cm³/mol. The van der Waals surface area contributed by atoms with Gasteiger partial charge >= 0.3 is 33.6 Å². The van der Waals surface area contributed by atoms with Crippen molar-refractivity contribution in [3.8, 4) is 0 Å². The number of phosphoric ester groups is 2. The molecule has 0 heterocycles. The van der Waals surface area contributed by atoms with Crippen LogP contribution in [0.4, 0.5) is 0 Å². The number of allylic oxidation sites excluding steroid dienone is 20. The van der Waals surface area contributed by atoms with Gasteiger partial charge in [0.15, 0.2) is 6.10 Å². The van der Waals surface area contributed by atoms with E-state index in [9.17, 15) is 43.5 Å². The number of phosphoric acid groups is 2. The van der Waals surface area contributed by atoms with Crippen LogP contribution >= 0.6 is 15.6 Å². The third-order valence-electron chi connectivity index (χ3n) is 14.7. The van der Waals surface area contributed by atoms with Crippen molar-refractivity contribution in [3.63, 3.8) is 0 Å². The number of ether oxygens (including phenoxy) is 3. The molecule has 4 N–H and O–H groups in total. The maximum atomic E-state index is 12.9. The van der Waals surface area contributed by atoms with Crippen LogP contribution in [0.15, 0.2) is 122 Å². The molecular weight excluding hydrogens is 1220 g/mol. The van der Waals surface area contributed by atoms with E-state index in [1.165, 1.54) is 51.4 Å². The molecule has 93 heavy (non-hydrogen) atoms. The largest absolute Gasteiger partial charge is 0.472 e. The van der Waals surface area contributed by atoms with Gasteiger partial charge in [-0.2, -0.15) is 0 Å². The Morgan fingerprint density at radius 2 is 0.570 bits per heavy atom. The minimum Gasteiger partial charge on any atom is -0.463 e. The Hall–Kier alpha value is -4.05. The van der Waals surface area contributed by atoms with E-state index in [1.54, 1.807) is 0 Å². The standard InChI is InChI=1S/C75H128O16P2/c1-4-7-10-13-16-19-22-25-27-29-31-33-34-36-38-39-41-44-46-49-52-55-58-61-73(78)85-64-70(76)65-87-92(81,82)88-66-71(77)67-89-93(83,84)90-69-72(91-75(80)63-60-57-54-51-48-43-24-21-18-15-12-9-6-3)68-86-74(79)62-59-56-53-50-47-45-42-40-37-35-32-30-28-26-23-20-17-14-11-8-5-2/h7-8,10-11,16-17,19-20,25-28,31-33,35-36,38,40,42,70-72,76-77H,4-6,9,12-15,18,21-24,29-30,34,37,39,41,43-69H2,1-3H3,(H,81,82)(H,83,84)/b10-7-,11-8-,19-16-,20-17-,27-25-,28-26-,33-31-,35-32-,38-36-,42-40-. The van der Waals surface area contributed by atoms with E-state index in [1.807, 2.05) is 0 Å². The van der Waals surface area contributed by atoms with E-state index in [-0.39, 0.29) is 19.3 Å². The van der Waals surface area contributed by atoms with Gasteiger partial charge in [-0.05, 0) is 109 Å². The quantitative estimate of drug-likeness (QED) is 0.0146. The molecule has 0 radical (unpaired) electrons. The molecule has 0 aliphatic carbocycles. The number of hydrogen-bond acceptors (Lipinski definition) is 14. The fourth-order valence-corrected chi connectivity index (χ4v) is 10.9. The van der Waals surface area contributed by atoms with Gasteiger partial charge in [0.2, 0.25) is 0 Å². The lowest BCUT2D eigenvalue weighted by Crippen LogP contribution is -2.30. The highest BCUT2D eigenvalue weighted by Gasteiger charge is 2.29. The lowest BCUT2D eigenvalue weighted by Gasteiger charge is -2.21. The number of aliphatic hydroxyl groups is 2. The van der Waals surface area contributed by atoms with Crippen molar-refractivity contribution in [3.05, 3.63) is 122 Å². The molecule has 0 aromatic heterocycles. The first-order chi connectivity index (χ1) is 45.2. The summed E-state index contributed by atoms with van der Waals surface area (Å²) in [6.07, 6.45) is 78.1. The van der Waals surface area contributed by atoms with Gasteiger partial charge in [-0.25, -0.2) is 9.13 Å². The predicted octanol–water partition coefficient (Wildman–Crippen LogP) is 20.2. The fourth-order valence-electron chi connectivity index (χ4n) is 9.27. The first kappa shape index (κ1) is 89.0. The van der Waals surface area contributed by atoms with Crippen LogP contribution in [0, 0.1) is 0 Å². The highest BCUT2D eigenvalue weighted by atomic mass is 31.2. The van der Waals surface area contributed by atoms with Crippen LogP contribution in [0.2, 0.25) is 0 Å². The average Bonchev–Trinajstić information content (AvgIpc) is 3.75. The second-order valence-corrected chi connectivity index (χ2v) is 26.5. The van der Waals surface area contributed by atoms with Gasteiger partial charge in [-0.1, -0.05) is 271 Å². The lowest BCUT2D eigenvalue weighted by atomic mass is 10.0. The van der Waals surface area contributed by atoms with Crippen LogP contribution in [-0.2, 0) is 55.8 Å². The normalized spacial score (nSPS) is 14.9. The summed E-state index contributed by atoms with van der Waals surface area (Å²) in [7, 11) is -9.79. The van der Waals surface area contributed by atoms with Crippen LogP contribution in [0.5, 0.6) is 0 Å². The molecule has 18 heteroatoms. The SMILES string of the molecule is CC/C=C\C/C=C\C/C=C\C/C=C\C/C=C\CCCCCCCCCC(=O)OCC(O)COP(=O)(O)OCC(O)COP(=O)(O)OCC(COC(=O)CCCCCCC/C=C\C/C=C\C/C=C\C/C=C\C/C=C\CC)OC(=O)CCCCCCCCCCCCCCC. The Bertz CT molecular complexity index is 2180. The Labute approximate surface area is 563 Å². The molecule has 0 saturated carbocycles. The molecule has 0 aliphatic rings. The van der Waals surface area contributed by atoms with Crippen molar-refractivity contribution in [2.75, 3.05) is 39.6 Å². The summed E-state index contributed by atoms with van der Waals surface area (Å²) < 4.78 is 60.9. The second-order valence-electron chi connectivity index (χ2n) is 23.6. The lowest BCUT2D eigenvalue weighted by molar-refractivity contribution is -0.161. The van der Waals surface area contributed by atoms with E-state index >= 15 is 0 Å². The Morgan fingerprint density at radius 1 is 0.312 bits per heavy atom. The fraction of sp³-hybridized carbons (Fsp3) is 0.693. The van der Waals surface area contributed by atoms with Crippen molar-refractivity contribution < 1.29 is 75.8 Å². The van der Waals surface area contributed by atoms with Gasteiger partial charge in [-0.3, -0.25) is 32.5 Å². The molecular formula is C75H128O16P2. The highest BCUT2D eigenvalue weighted by Crippen LogP contribution is 2.45. The number of carbonyl (C=O) groups is 3. The monoisotopic (exact) mass is 1350 g/mol. The average molecular weight is 1350 g/mol. The number of hydrogen-bond donors (Lipinski definition) is 4. The topological polar surface area (TPSA) is 231 Å². The van der Waals surface area contributed by atoms with Crippen LogP contribution in [0.1, 0.15) is 278 Å². The number of carbonyl (C=O) groups excluding carboxylic acids is 3. The van der Waals surface area contributed by atoms with Gasteiger partial charge in [0, 0.05) is 19.3 Å². The van der Waals surface area contributed by atoms with Crippen molar-refractivity contribution in [1.82, 2.24) is 0 Å². The van der Waals surface area contributed by atoms with E-state index < -0.39 is 91.5 Å². The molecule has 0 saturated heterocycles. The molecule has 0 bridgehead atoms. The molecule has 0 aliphatic heterocycles. The van der Waals surface area contributed by atoms with Crippen LogP contribution in [0.25, 0.3) is 0 Å². The summed E-state index contributed by atoms with van der Waals surface area (Å²) in [4.78, 5) is 58.5. The molecule has 0 fully saturated rings. The number of unbranched alkanes of at least 4 members (excludes halogenated alkanes) is 24. The minimum absolute atomic E-state index is 0.100. The molecule has 0 spiro atoms. The molecule has 0 aromatic carbocycles. The van der Waals surface area contributed by atoms with E-state index in [4.69, 9.17) is 32.3 Å². The Kier molecular flexibility index (Phi) is 65.0. The van der Waals surface area contributed by atoms with Gasteiger partial charge < -0.3 is 34.2 Å². The smallest absolute Gasteiger partial charge is 0.463 e. The van der Waals surface area contributed by atoms with Crippen LogP contribution in [-0.4, -0.2) is 95.9 Å². The number of rotatable bonds is 67. The first-order valence-corrected chi connectivity index (χ1v) is 38.8. The maximum absolute atomic E-state index is 12.9. The van der Waals surface area contributed by atoms with E-state index in [0.717, 1.165) is 167 Å². The summed E-state index contributed by atoms with van der Waals surface area (Å²) in [5.74, 6) is -1.60. The number of esters is 3. The highest BCUT2D eigenvalue weighted by molar-refractivity contribution is 7.47. The summed E-state index contributed by atoms with van der Waals surface area (Å²) in [6, 6.07) is 0. The zero-order valence-electron chi connectivity index (χ0n) is 57.9. The maximum Gasteiger partial charge on any atom is 0.472 e. The second kappa shape index (κ2) is 67.9. The third kappa shape index (κ3) is 69.1. The molecule has 0 amide bonds. The zero-order valence-corrected chi connectivity index (χ0v) is 59.7. The first-order valence-electron chi connectivity index (χ1n) is 35.8. The summed E-state index contributed by atoms with van der Waals surface area (Å²) in [5, 5.41) is 20.6. The molecule has 16 nitrogen and oxygen atoms in total. The van der Waals surface area contributed by atoms with Crippen molar-refractivity contribution in [2.45, 2.75) is 296 Å². The van der Waals surface area contributed by atoms with Gasteiger partial charge in [0.25, 0.3) is 0 Å². The van der Waals surface area contributed by atoms with E-state index in [2.05, 4.69) is 142 Å². The molecule has 0 rings (SSSR count). The van der Waals surface area contributed by atoms with Gasteiger partial charge in [0.1, 0.15) is 25.4 Å². The molecule has 5 unspecified atom stereocenters. The zero-order chi connectivity index (χ0) is 68.1. The summed E-state index contributed by atoms with van der Waals surface area (Å²) in [5.41, 5.74) is 0. The minimum atomic E-state index is -4.93. The van der Waals surface area contributed by atoms with Crippen molar-refractivity contribution in [1.29, 1.82) is 0 Å². The summed E-state index contributed by atoms with van der Waals surface area (Å²) >= 11 is 0. The number of aliphatic hydroxyl groups excluding tert-OH is 2. The van der Waals surface area contributed by atoms with Gasteiger partial charge in [-0.15, -0.1) is 0 Å². The van der Waals surface area contributed by atoms with Crippen molar-refractivity contribution in [2.24, 2.45) is 0 Å². The summed E-state index contributed by atoms with van der Waals surface area (Å²) in [6.45, 7) is 2.41. The van der Waals surface area contributed by atoms with Crippen molar-refractivity contribution >= 4 is 33.6 Å². The molecule has 534 valence electrons. The third-order valence-corrected chi connectivity index (χ3v) is 16.6. The van der Waals surface area contributed by atoms with Crippen LogP contribution in [0.3, 0.4) is 0 Å². The molecule has 5 atom stereocenters. The molecule has 0 aromatic rings.